The number of nitrogens with one attached hydrogen (secondary N) is 1. The number of fused-ring (bicyclic) bond motifs is 1. The average molecular weight is 334 g/mol. The van der Waals surface area contributed by atoms with Gasteiger partial charge < -0.3 is 19.9 Å². The number of ether oxygens (including phenoxy) is 2. The maximum absolute atomic E-state index is 12.3. The molecule has 0 saturated heterocycles. The lowest BCUT2D eigenvalue weighted by atomic mass is 10.0. The van der Waals surface area contributed by atoms with Gasteiger partial charge in [0.1, 0.15) is 5.75 Å². The Morgan fingerprint density at radius 2 is 2.09 bits per heavy atom. The van der Waals surface area contributed by atoms with Crippen molar-refractivity contribution in [1.29, 1.82) is 0 Å². The standard InChI is InChI=1S/C17H16ClNO4/c1-22-16-9-15-10(8-13(16)20)2-7-14(23-15)17(21)19-12-5-3-11(18)4-6-12/h3-6,8-9,14,20H,2,7H2,1H3,(H,19,21). The average Bonchev–Trinajstić information content (AvgIpc) is 2.55. The normalized spacial score (nSPS) is 16.2. The second-order valence-corrected chi connectivity index (χ2v) is 5.71. The van der Waals surface area contributed by atoms with Crippen LogP contribution in [0, 0.1) is 0 Å². The molecule has 1 amide bonds. The van der Waals surface area contributed by atoms with E-state index in [1.807, 2.05) is 0 Å². The van der Waals surface area contributed by atoms with Crippen molar-refractivity contribution in [2.75, 3.05) is 12.4 Å². The minimum Gasteiger partial charge on any atom is -0.504 e. The van der Waals surface area contributed by atoms with Gasteiger partial charge in [0.15, 0.2) is 17.6 Å². The Bertz CT molecular complexity index is 730. The molecule has 0 spiro atoms. The molecule has 0 aliphatic carbocycles. The topological polar surface area (TPSA) is 67.8 Å². The predicted molar refractivity (Wildman–Crippen MR) is 87.5 cm³/mol. The zero-order valence-corrected chi connectivity index (χ0v) is 13.3. The number of amides is 1. The molecule has 0 saturated carbocycles. The lowest BCUT2D eigenvalue weighted by molar-refractivity contribution is -0.123. The van der Waals surface area contributed by atoms with Crippen LogP contribution >= 0.6 is 11.6 Å². The van der Waals surface area contributed by atoms with Gasteiger partial charge in [0.2, 0.25) is 0 Å². The number of aryl methyl sites for hydroxylation is 1. The van der Waals surface area contributed by atoms with Crippen LogP contribution in [-0.4, -0.2) is 24.2 Å². The van der Waals surface area contributed by atoms with E-state index in [9.17, 15) is 9.90 Å². The molecule has 2 aromatic rings. The van der Waals surface area contributed by atoms with E-state index in [0.717, 1.165) is 5.56 Å². The van der Waals surface area contributed by atoms with Crippen molar-refractivity contribution < 1.29 is 19.4 Å². The molecule has 3 rings (SSSR count). The summed E-state index contributed by atoms with van der Waals surface area (Å²) in [5.74, 6) is 0.730. The summed E-state index contributed by atoms with van der Waals surface area (Å²) in [6, 6.07) is 10.1. The van der Waals surface area contributed by atoms with Crippen LogP contribution in [0.25, 0.3) is 0 Å². The summed E-state index contributed by atoms with van der Waals surface area (Å²) in [6.07, 6.45) is 0.594. The number of carbonyl (C=O) groups is 1. The Balaban J connectivity index is 1.73. The Hall–Kier alpha value is -2.40. The number of aromatic hydroxyl groups is 1. The van der Waals surface area contributed by atoms with Crippen molar-refractivity contribution in [2.24, 2.45) is 0 Å². The highest BCUT2D eigenvalue weighted by Crippen LogP contribution is 2.37. The number of benzene rings is 2. The van der Waals surface area contributed by atoms with Gasteiger partial charge in [-0.15, -0.1) is 0 Å². The number of phenolic OH excluding ortho intramolecular Hbond substituents is 1. The lowest BCUT2D eigenvalue weighted by Gasteiger charge is -2.26. The van der Waals surface area contributed by atoms with Crippen molar-refractivity contribution in [3.8, 4) is 17.2 Å². The van der Waals surface area contributed by atoms with Crippen molar-refractivity contribution in [3.05, 3.63) is 47.0 Å². The number of anilines is 1. The first kappa shape index (κ1) is 15.5. The van der Waals surface area contributed by atoms with Crippen LogP contribution in [0.2, 0.25) is 5.02 Å². The van der Waals surface area contributed by atoms with E-state index in [4.69, 9.17) is 21.1 Å². The second kappa shape index (κ2) is 6.38. The maximum atomic E-state index is 12.3. The van der Waals surface area contributed by atoms with Gasteiger partial charge in [-0.2, -0.15) is 0 Å². The molecule has 0 aromatic heterocycles. The van der Waals surface area contributed by atoms with Crippen molar-refractivity contribution in [2.45, 2.75) is 18.9 Å². The molecule has 6 heteroatoms. The molecule has 2 N–H and O–H groups in total. The minimum atomic E-state index is -0.590. The first-order chi connectivity index (χ1) is 11.1. The largest absolute Gasteiger partial charge is 0.504 e. The van der Waals surface area contributed by atoms with E-state index >= 15 is 0 Å². The highest BCUT2D eigenvalue weighted by atomic mass is 35.5. The molecule has 0 fully saturated rings. The van der Waals surface area contributed by atoms with Gasteiger partial charge >= 0.3 is 0 Å². The van der Waals surface area contributed by atoms with Crippen LogP contribution in [0.3, 0.4) is 0 Å². The summed E-state index contributed by atoms with van der Waals surface area (Å²) in [5, 5.41) is 13.2. The first-order valence-electron chi connectivity index (χ1n) is 7.20. The van der Waals surface area contributed by atoms with E-state index in [1.165, 1.54) is 7.11 Å². The van der Waals surface area contributed by atoms with Gasteiger partial charge in [0, 0.05) is 16.8 Å². The highest BCUT2D eigenvalue weighted by Gasteiger charge is 2.27. The first-order valence-corrected chi connectivity index (χ1v) is 7.57. The zero-order chi connectivity index (χ0) is 16.4. The van der Waals surface area contributed by atoms with Crippen molar-refractivity contribution in [1.82, 2.24) is 0 Å². The lowest BCUT2D eigenvalue weighted by Crippen LogP contribution is -2.35. The van der Waals surface area contributed by atoms with Crippen LogP contribution < -0.4 is 14.8 Å². The van der Waals surface area contributed by atoms with Gasteiger partial charge in [0.25, 0.3) is 5.91 Å². The number of phenols is 1. The van der Waals surface area contributed by atoms with Crippen LogP contribution in [0.15, 0.2) is 36.4 Å². The van der Waals surface area contributed by atoms with Crippen molar-refractivity contribution in [3.63, 3.8) is 0 Å². The summed E-state index contributed by atoms with van der Waals surface area (Å²) < 4.78 is 10.8. The van der Waals surface area contributed by atoms with E-state index in [2.05, 4.69) is 5.32 Å². The summed E-state index contributed by atoms with van der Waals surface area (Å²) in [5.41, 5.74) is 1.52. The Morgan fingerprint density at radius 3 is 2.78 bits per heavy atom. The molecule has 5 nitrogen and oxygen atoms in total. The molecular weight excluding hydrogens is 318 g/mol. The van der Waals surface area contributed by atoms with Gasteiger partial charge in [-0.1, -0.05) is 11.6 Å². The third-order valence-corrected chi connectivity index (χ3v) is 3.96. The Labute approximate surface area is 138 Å². The molecule has 1 unspecified atom stereocenters. The Morgan fingerprint density at radius 1 is 1.35 bits per heavy atom. The van der Waals surface area contributed by atoms with E-state index in [1.54, 1.807) is 36.4 Å². The maximum Gasteiger partial charge on any atom is 0.265 e. The molecule has 2 aromatic carbocycles. The quantitative estimate of drug-likeness (QED) is 0.903. The molecule has 1 aliphatic heterocycles. The molecule has 1 heterocycles. The summed E-state index contributed by atoms with van der Waals surface area (Å²) in [7, 11) is 1.47. The molecule has 1 atom stereocenters. The van der Waals surface area contributed by atoms with Crippen molar-refractivity contribution >= 4 is 23.2 Å². The monoisotopic (exact) mass is 333 g/mol. The predicted octanol–water partition coefficient (Wildman–Crippen LogP) is 3.39. The van der Waals surface area contributed by atoms with Gasteiger partial charge in [0.05, 0.1) is 7.11 Å². The minimum absolute atomic E-state index is 0.0684. The van der Waals surface area contributed by atoms with Gasteiger partial charge in [-0.05, 0) is 48.7 Å². The molecular formula is C17H16ClNO4. The molecule has 23 heavy (non-hydrogen) atoms. The number of hydrogen-bond acceptors (Lipinski definition) is 4. The SMILES string of the molecule is COc1cc2c(cc1O)CCC(C(=O)Nc1ccc(Cl)cc1)O2. The summed E-state index contributed by atoms with van der Waals surface area (Å²) in [4.78, 5) is 12.3. The van der Waals surface area contributed by atoms with E-state index < -0.39 is 6.10 Å². The number of methoxy groups -OCH3 is 1. The molecule has 0 bridgehead atoms. The fourth-order valence-corrected chi connectivity index (χ4v) is 2.63. The third-order valence-electron chi connectivity index (χ3n) is 3.71. The van der Waals surface area contributed by atoms with E-state index in [0.29, 0.717) is 35.1 Å². The molecule has 120 valence electrons. The number of rotatable bonds is 3. The highest BCUT2D eigenvalue weighted by molar-refractivity contribution is 6.30. The van der Waals surface area contributed by atoms with Crippen LogP contribution in [0.5, 0.6) is 17.2 Å². The van der Waals surface area contributed by atoms with E-state index in [-0.39, 0.29) is 11.7 Å². The third kappa shape index (κ3) is 3.35. The number of hydrogen-bond donors (Lipinski definition) is 2. The molecule has 0 radical (unpaired) electrons. The van der Waals surface area contributed by atoms with Crippen LogP contribution in [-0.2, 0) is 11.2 Å². The van der Waals surface area contributed by atoms with Gasteiger partial charge in [-0.25, -0.2) is 0 Å². The zero-order valence-electron chi connectivity index (χ0n) is 12.5. The number of carbonyl (C=O) groups excluding carboxylic acids is 1. The fourth-order valence-electron chi connectivity index (χ4n) is 2.50. The summed E-state index contributed by atoms with van der Waals surface area (Å²) >= 11 is 5.82. The molecule has 1 aliphatic rings. The number of halogens is 1. The fraction of sp³-hybridized carbons (Fsp3) is 0.235. The smallest absolute Gasteiger partial charge is 0.265 e. The van der Waals surface area contributed by atoms with Gasteiger partial charge in [-0.3, -0.25) is 4.79 Å². The van der Waals surface area contributed by atoms with Crippen LogP contribution in [0.1, 0.15) is 12.0 Å². The summed E-state index contributed by atoms with van der Waals surface area (Å²) in [6.45, 7) is 0. The Kier molecular flexibility index (Phi) is 4.30. The second-order valence-electron chi connectivity index (χ2n) is 5.27. The van der Waals surface area contributed by atoms with Crippen LogP contribution in [0.4, 0.5) is 5.69 Å².